The van der Waals surface area contributed by atoms with E-state index in [0.29, 0.717) is 33.0 Å². The van der Waals surface area contributed by atoms with Crippen molar-refractivity contribution in [3.63, 3.8) is 0 Å². The molecule has 136 valence electrons. The number of primary amides is 1. The highest BCUT2D eigenvalue weighted by Gasteiger charge is 2.38. The van der Waals surface area contributed by atoms with Crippen LogP contribution in [0.4, 0.5) is 5.95 Å². The second kappa shape index (κ2) is 7.09. The molecule has 0 spiro atoms. The minimum absolute atomic E-state index is 0.00657. The molecule has 1 aromatic carbocycles. The van der Waals surface area contributed by atoms with E-state index in [1.807, 2.05) is 0 Å². The summed E-state index contributed by atoms with van der Waals surface area (Å²) in [5, 5.41) is 0.880. The summed E-state index contributed by atoms with van der Waals surface area (Å²) in [6, 6.07) is 4.49. The standard InChI is InChI=1S/C17H16Cl2N4O3/c1-8-14(16(20)25)15(11-4-3-9(18)5-12(11)19)23-7-10(6-13(24)26-2)22-17(23)21-8/h3-5,7,14-15H,6H2,1-2H3,(H2,20,25). The minimum atomic E-state index is -0.707. The van der Waals surface area contributed by atoms with Gasteiger partial charge in [0.2, 0.25) is 11.9 Å². The third-order valence-corrected chi connectivity index (χ3v) is 4.81. The molecular formula is C17H16Cl2N4O3. The van der Waals surface area contributed by atoms with Gasteiger partial charge in [0.15, 0.2) is 0 Å². The van der Waals surface area contributed by atoms with Crippen LogP contribution in [0.1, 0.15) is 24.2 Å². The lowest BCUT2D eigenvalue weighted by atomic mass is 9.87. The Kier molecular flexibility index (Phi) is 5.02. The van der Waals surface area contributed by atoms with Gasteiger partial charge in [-0.05, 0) is 24.6 Å². The normalized spacial score (nSPS) is 18.8. The van der Waals surface area contributed by atoms with Crippen molar-refractivity contribution < 1.29 is 14.3 Å². The van der Waals surface area contributed by atoms with Crippen LogP contribution in [0.25, 0.3) is 0 Å². The number of carbonyl (C=O) groups is 2. The zero-order chi connectivity index (χ0) is 19.0. The number of aliphatic imine (C=N–C) groups is 1. The SMILES string of the molecule is COC(=O)Cc1cn2c(n1)N=C(C)C(C(N)=O)C2c1ccc(Cl)cc1Cl. The molecule has 2 heterocycles. The van der Waals surface area contributed by atoms with E-state index in [1.165, 1.54) is 7.11 Å². The first-order chi connectivity index (χ1) is 12.3. The van der Waals surface area contributed by atoms with Crippen LogP contribution in [0.5, 0.6) is 0 Å². The maximum atomic E-state index is 12.1. The Balaban J connectivity index is 2.15. The predicted octanol–water partition coefficient (Wildman–Crippen LogP) is 2.70. The Morgan fingerprint density at radius 2 is 2.08 bits per heavy atom. The van der Waals surface area contributed by atoms with Gasteiger partial charge in [-0.1, -0.05) is 29.3 Å². The number of hydrogen-bond donors (Lipinski definition) is 1. The molecule has 2 unspecified atom stereocenters. The average molecular weight is 395 g/mol. The van der Waals surface area contributed by atoms with E-state index < -0.39 is 23.8 Å². The van der Waals surface area contributed by atoms with Crippen LogP contribution in [-0.2, 0) is 20.7 Å². The average Bonchev–Trinajstić information content (AvgIpc) is 2.95. The van der Waals surface area contributed by atoms with Gasteiger partial charge in [0.25, 0.3) is 0 Å². The monoisotopic (exact) mass is 394 g/mol. The van der Waals surface area contributed by atoms with E-state index in [4.69, 9.17) is 28.9 Å². The molecule has 2 atom stereocenters. The zero-order valence-electron chi connectivity index (χ0n) is 14.1. The van der Waals surface area contributed by atoms with Gasteiger partial charge in [-0.15, -0.1) is 0 Å². The number of aromatic nitrogens is 2. The van der Waals surface area contributed by atoms with Crippen LogP contribution >= 0.6 is 23.2 Å². The number of methoxy groups -OCH3 is 1. The highest BCUT2D eigenvalue weighted by Crippen LogP contribution is 2.40. The smallest absolute Gasteiger partial charge is 0.311 e. The van der Waals surface area contributed by atoms with E-state index in [2.05, 4.69) is 14.7 Å². The summed E-state index contributed by atoms with van der Waals surface area (Å²) in [5.74, 6) is -1.29. The Bertz CT molecular complexity index is 923. The third-order valence-electron chi connectivity index (χ3n) is 4.25. The predicted molar refractivity (Wildman–Crippen MR) is 98.0 cm³/mol. The number of ether oxygens (including phenoxy) is 1. The molecule has 2 aromatic rings. The van der Waals surface area contributed by atoms with E-state index in [0.717, 1.165) is 0 Å². The van der Waals surface area contributed by atoms with Gasteiger partial charge in [-0.25, -0.2) is 9.98 Å². The van der Waals surface area contributed by atoms with Crippen molar-refractivity contribution in [3.8, 4) is 0 Å². The van der Waals surface area contributed by atoms with E-state index in [-0.39, 0.29) is 6.42 Å². The second-order valence-corrected chi connectivity index (χ2v) is 6.78. The first kappa shape index (κ1) is 18.4. The molecule has 0 fully saturated rings. The van der Waals surface area contributed by atoms with Gasteiger partial charge < -0.3 is 15.0 Å². The number of hydrogen-bond acceptors (Lipinski definition) is 5. The lowest BCUT2D eigenvalue weighted by Gasteiger charge is -2.31. The van der Waals surface area contributed by atoms with E-state index in [9.17, 15) is 9.59 Å². The first-order valence-electron chi connectivity index (χ1n) is 7.75. The number of imidazole rings is 1. The summed E-state index contributed by atoms with van der Waals surface area (Å²) in [6.07, 6.45) is 1.65. The van der Waals surface area contributed by atoms with Gasteiger partial charge in [0, 0.05) is 22.0 Å². The second-order valence-electron chi connectivity index (χ2n) is 5.94. The van der Waals surface area contributed by atoms with Crippen LogP contribution in [0, 0.1) is 5.92 Å². The number of nitrogens with two attached hydrogens (primary N) is 1. The summed E-state index contributed by atoms with van der Waals surface area (Å²) in [7, 11) is 1.31. The van der Waals surface area contributed by atoms with Gasteiger partial charge in [-0.2, -0.15) is 0 Å². The summed E-state index contributed by atoms with van der Waals surface area (Å²) in [5.41, 5.74) is 7.30. The molecule has 1 aliphatic heterocycles. The van der Waals surface area contributed by atoms with Crippen molar-refractivity contribution in [2.45, 2.75) is 19.4 Å². The number of halogens is 2. The number of esters is 1. The Labute approximate surface area is 159 Å². The van der Waals surface area contributed by atoms with Crippen LogP contribution < -0.4 is 5.73 Å². The highest BCUT2D eigenvalue weighted by atomic mass is 35.5. The van der Waals surface area contributed by atoms with Gasteiger partial charge in [-0.3, -0.25) is 9.59 Å². The molecule has 1 aliphatic rings. The van der Waals surface area contributed by atoms with E-state index >= 15 is 0 Å². The Hall–Kier alpha value is -2.38. The van der Waals surface area contributed by atoms with Crippen LogP contribution in [0.2, 0.25) is 10.0 Å². The molecular weight excluding hydrogens is 379 g/mol. The summed E-state index contributed by atoms with van der Waals surface area (Å²) in [6.45, 7) is 1.71. The number of amides is 1. The molecule has 0 bridgehead atoms. The molecule has 2 N–H and O–H groups in total. The number of nitrogens with zero attached hydrogens (tertiary/aromatic N) is 3. The van der Waals surface area contributed by atoms with Crippen LogP contribution in [-0.4, -0.2) is 34.2 Å². The lowest BCUT2D eigenvalue weighted by Crippen LogP contribution is -2.39. The largest absolute Gasteiger partial charge is 0.469 e. The first-order valence-corrected chi connectivity index (χ1v) is 8.51. The molecule has 0 saturated carbocycles. The zero-order valence-corrected chi connectivity index (χ0v) is 15.6. The maximum Gasteiger partial charge on any atom is 0.311 e. The summed E-state index contributed by atoms with van der Waals surface area (Å²) >= 11 is 12.4. The molecule has 1 aromatic heterocycles. The Morgan fingerprint density at radius 1 is 1.35 bits per heavy atom. The van der Waals surface area contributed by atoms with Crippen molar-refractivity contribution in [2.75, 3.05) is 7.11 Å². The number of rotatable bonds is 4. The molecule has 0 radical (unpaired) electrons. The van der Waals surface area contributed by atoms with Crippen LogP contribution in [0.15, 0.2) is 29.4 Å². The van der Waals surface area contributed by atoms with Crippen LogP contribution in [0.3, 0.4) is 0 Å². The van der Waals surface area contributed by atoms with Gasteiger partial charge in [0.1, 0.15) is 5.92 Å². The molecule has 3 rings (SSSR count). The molecule has 26 heavy (non-hydrogen) atoms. The molecule has 7 nitrogen and oxygen atoms in total. The lowest BCUT2D eigenvalue weighted by molar-refractivity contribution is -0.139. The fraction of sp³-hybridized carbons (Fsp3) is 0.294. The molecule has 9 heteroatoms. The molecule has 1 amide bonds. The fourth-order valence-corrected chi connectivity index (χ4v) is 3.59. The highest BCUT2D eigenvalue weighted by molar-refractivity contribution is 6.35. The summed E-state index contributed by atoms with van der Waals surface area (Å²) < 4.78 is 6.38. The number of carbonyl (C=O) groups excluding carboxylic acids is 2. The van der Waals surface area contributed by atoms with Crippen molar-refractivity contribution in [1.29, 1.82) is 0 Å². The number of fused-ring (bicyclic) bond motifs is 1. The van der Waals surface area contributed by atoms with Gasteiger partial charge >= 0.3 is 5.97 Å². The van der Waals surface area contributed by atoms with Crippen molar-refractivity contribution >= 4 is 46.7 Å². The topological polar surface area (TPSA) is 99.6 Å². The van der Waals surface area contributed by atoms with Gasteiger partial charge in [0.05, 0.1) is 25.3 Å². The van der Waals surface area contributed by atoms with Crippen molar-refractivity contribution in [3.05, 3.63) is 45.7 Å². The minimum Gasteiger partial charge on any atom is -0.469 e. The van der Waals surface area contributed by atoms with Crippen molar-refractivity contribution in [1.82, 2.24) is 9.55 Å². The number of benzene rings is 1. The molecule has 0 saturated heterocycles. The Morgan fingerprint density at radius 3 is 2.69 bits per heavy atom. The maximum absolute atomic E-state index is 12.1. The van der Waals surface area contributed by atoms with Crippen molar-refractivity contribution in [2.24, 2.45) is 16.6 Å². The van der Waals surface area contributed by atoms with E-state index in [1.54, 1.807) is 35.9 Å². The summed E-state index contributed by atoms with van der Waals surface area (Å²) in [4.78, 5) is 32.4. The molecule has 0 aliphatic carbocycles. The third kappa shape index (κ3) is 3.32. The fourth-order valence-electron chi connectivity index (χ4n) is 3.07. The quantitative estimate of drug-likeness (QED) is 0.805.